The van der Waals surface area contributed by atoms with Crippen LogP contribution in [0, 0.1) is 18.3 Å². The van der Waals surface area contributed by atoms with Gasteiger partial charge in [-0.1, -0.05) is 0 Å². The SMILES string of the molecule is Cc1cc(S(=O)(=O)N2CCCOC(C)C2)ccc1C#N. The van der Waals surface area contributed by atoms with Gasteiger partial charge < -0.3 is 4.74 Å². The molecule has 0 bridgehead atoms. The third-order valence-corrected chi connectivity index (χ3v) is 5.23. The first-order valence-electron chi connectivity index (χ1n) is 6.57. The molecule has 0 amide bonds. The van der Waals surface area contributed by atoms with E-state index >= 15 is 0 Å². The van der Waals surface area contributed by atoms with E-state index in [-0.39, 0.29) is 11.0 Å². The Hall–Kier alpha value is -1.42. The molecule has 0 spiro atoms. The molecule has 1 aliphatic rings. The Bertz CT molecular complexity index is 634. The van der Waals surface area contributed by atoms with Crippen molar-refractivity contribution in [1.29, 1.82) is 5.26 Å². The molecule has 0 aromatic heterocycles. The van der Waals surface area contributed by atoms with E-state index in [1.54, 1.807) is 19.1 Å². The topological polar surface area (TPSA) is 70.4 Å². The summed E-state index contributed by atoms with van der Waals surface area (Å²) in [4.78, 5) is 0.239. The number of hydrogen-bond donors (Lipinski definition) is 0. The second-order valence-electron chi connectivity index (χ2n) is 4.99. The lowest BCUT2D eigenvalue weighted by atomic mass is 10.1. The van der Waals surface area contributed by atoms with Crippen molar-refractivity contribution in [3.05, 3.63) is 29.3 Å². The van der Waals surface area contributed by atoms with Crippen LogP contribution in [-0.2, 0) is 14.8 Å². The van der Waals surface area contributed by atoms with E-state index in [4.69, 9.17) is 10.00 Å². The van der Waals surface area contributed by atoms with Crippen molar-refractivity contribution in [2.45, 2.75) is 31.3 Å². The highest BCUT2D eigenvalue weighted by Gasteiger charge is 2.28. The molecule has 5 nitrogen and oxygen atoms in total. The van der Waals surface area contributed by atoms with Gasteiger partial charge in [0.2, 0.25) is 10.0 Å². The molecule has 1 aromatic rings. The maximum atomic E-state index is 12.6. The molecule has 0 N–H and O–H groups in total. The molecular weight excluding hydrogens is 276 g/mol. The highest BCUT2D eigenvalue weighted by atomic mass is 32.2. The van der Waals surface area contributed by atoms with E-state index in [0.717, 1.165) is 0 Å². The van der Waals surface area contributed by atoms with E-state index in [1.165, 1.54) is 10.4 Å². The second kappa shape index (κ2) is 5.92. The largest absolute Gasteiger partial charge is 0.377 e. The third kappa shape index (κ3) is 3.01. The molecule has 1 atom stereocenters. The first-order valence-corrected chi connectivity index (χ1v) is 8.01. The van der Waals surface area contributed by atoms with Crippen LogP contribution in [0.1, 0.15) is 24.5 Å². The number of rotatable bonds is 2. The highest BCUT2D eigenvalue weighted by Crippen LogP contribution is 2.21. The van der Waals surface area contributed by atoms with Crippen molar-refractivity contribution in [3.63, 3.8) is 0 Å². The quantitative estimate of drug-likeness (QED) is 0.832. The summed E-state index contributed by atoms with van der Waals surface area (Å²) in [7, 11) is -3.52. The number of benzene rings is 1. The van der Waals surface area contributed by atoms with E-state index in [1.807, 2.05) is 13.0 Å². The molecule has 1 fully saturated rings. The lowest BCUT2D eigenvalue weighted by molar-refractivity contribution is 0.0752. The van der Waals surface area contributed by atoms with Crippen LogP contribution >= 0.6 is 0 Å². The normalized spacial score (nSPS) is 21.1. The van der Waals surface area contributed by atoms with Gasteiger partial charge in [0.1, 0.15) is 0 Å². The van der Waals surface area contributed by atoms with Crippen LogP contribution in [0.5, 0.6) is 0 Å². The molecule has 0 radical (unpaired) electrons. The lowest BCUT2D eigenvalue weighted by Gasteiger charge is -2.21. The molecular formula is C14H18N2O3S. The Morgan fingerprint density at radius 2 is 2.20 bits per heavy atom. The number of hydrogen-bond acceptors (Lipinski definition) is 4. The average Bonchev–Trinajstić information content (AvgIpc) is 2.63. The summed E-state index contributed by atoms with van der Waals surface area (Å²) in [5.41, 5.74) is 1.17. The van der Waals surface area contributed by atoms with Crippen LogP contribution in [0.15, 0.2) is 23.1 Å². The Kier molecular flexibility index (Phi) is 4.43. The molecule has 108 valence electrons. The average molecular weight is 294 g/mol. The zero-order chi connectivity index (χ0) is 14.8. The highest BCUT2D eigenvalue weighted by molar-refractivity contribution is 7.89. The summed E-state index contributed by atoms with van der Waals surface area (Å²) in [5, 5.41) is 8.91. The first kappa shape index (κ1) is 15.0. The van der Waals surface area contributed by atoms with Gasteiger partial charge in [0.15, 0.2) is 0 Å². The number of nitrogens with zero attached hydrogens (tertiary/aromatic N) is 2. The van der Waals surface area contributed by atoms with Crippen molar-refractivity contribution in [2.24, 2.45) is 0 Å². The number of ether oxygens (including phenoxy) is 1. The Morgan fingerprint density at radius 1 is 1.45 bits per heavy atom. The van der Waals surface area contributed by atoms with Gasteiger partial charge in [-0.25, -0.2) is 8.42 Å². The predicted octanol–water partition coefficient (Wildman–Crippen LogP) is 1.67. The molecule has 2 rings (SSSR count). The van der Waals surface area contributed by atoms with E-state index in [0.29, 0.717) is 37.2 Å². The van der Waals surface area contributed by atoms with Gasteiger partial charge >= 0.3 is 0 Å². The fraction of sp³-hybridized carbons (Fsp3) is 0.500. The second-order valence-corrected chi connectivity index (χ2v) is 6.92. The van der Waals surface area contributed by atoms with Crippen LogP contribution in [0.2, 0.25) is 0 Å². The standard InChI is InChI=1S/C14H18N2O3S/c1-11-8-14(5-4-13(11)9-15)20(17,18)16-6-3-7-19-12(2)10-16/h4-5,8,12H,3,6-7,10H2,1-2H3. The summed E-state index contributed by atoms with van der Waals surface area (Å²) >= 11 is 0. The smallest absolute Gasteiger partial charge is 0.243 e. The fourth-order valence-corrected chi connectivity index (χ4v) is 3.89. The molecule has 20 heavy (non-hydrogen) atoms. The molecule has 0 aliphatic carbocycles. The molecule has 1 aromatic carbocycles. The van der Waals surface area contributed by atoms with Gasteiger partial charge in [-0.3, -0.25) is 0 Å². The molecule has 1 saturated heterocycles. The number of aryl methyl sites for hydroxylation is 1. The van der Waals surface area contributed by atoms with E-state index in [2.05, 4.69) is 0 Å². The lowest BCUT2D eigenvalue weighted by Crippen LogP contribution is -2.35. The van der Waals surface area contributed by atoms with Crippen molar-refractivity contribution in [3.8, 4) is 6.07 Å². The summed E-state index contributed by atoms with van der Waals surface area (Å²) in [5.74, 6) is 0. The van der Waals surface area contributed by atoms with E-state index in [9.17, 15) is 8.42 Å². The Morgan fingerprint density at radius 3 is 2.85 bits per heavy atom. The summed E-state index contributed by atoms with van der Waals surface area (Å²) in [6.07, 6.45) is 0.588. The van der Waals surface area contributed by atoms with Gasteiger partial charge in [0.05, 0.1) is 22.6 Å². The van der Waals surface area contributed by atoms with Crippen molar-refractivity contribution < 1.29 is 13.2 Å². The van der Waals surface area contributed by atoms with Crippen molar-refractivity contribution >= 4 is 10.0 Å². The number of nitriles is 1. The minimum absolute atomic E-state index is 0.105. The molecule has 1 aliphatic heterocycles. The first-order chi connectivity index (χ1) is 9.45. The van der Waals surface area contributed by atoms with Crippen LogP contribution in [-0.4, -0.2) is 38.5 Å². The van der Waals surface area contributed by atoms with Gasteiger partial charge in [-0.05, 0) is 44.0 Å². The maximum Gasteiger partial charge on any atom is 0.243 e. The van der Waals surface area contributed by atoms with Crippen molar-refractivity contribution in [1.82, 2.24) is 4.31 Å². The van der Waals surface area contributed by atoms with Gasteiger partial charge in [0.25, 0.3) is 0 Å². The van der Waals surface area contributed by atoms with E-state index < -0.39 is 10.0 Å². The third-order valence-electron chi connectivity index (χ3n) is 3.37. The number of sulfonamides is 1. The Balaban J connectivity index is 2.34. The molecule has 1 unspecified atom stereocenters. The van der Waals surface area contributed by atoms with Crippen LogP contribution in [0.3, 0.4) is 0 Å². The minimum atomic E-state index is -3.52. The van der Waals surface area contributed by atoms with Gasteiger partial charge in [0, 0.05) is 19.7 Å². The maximum absolute atomic E-state index is 12.6. The van der Waals surface area contributed by atoms with Crippen LogP contribution in [0.4, 0.5) is 0 Å². The van der Waals surface area contributed by atoms with Gasteiger partial charge in [-0.15, -0.1) is 0 Å². The molecule has 6 heteroatoms. The van der Waals surface area contributed by atoms with Crippen LogP contribution in [0.25, 0.3) is 0 Å². The van der Waals surface area contributed by atoms with Crippen LogP contribution < -0.4 is 0 Å². The van der Waals surface area contributed by atoms with Crippen molar-refractivity contribution in [2.75, 3.05) is 19.7 Å². The fourth-order valence-electron chi connectivity index (χ4n) is 2.25. The molecule has 0 saturated carbocycles. The minimum Gasteiger partial charge on any atom is -0.377 e. The molecule has 1 heterocycles. The predicted molar refractivity (Wildman–Crippen MR) is 74.7 cm³/mol. The summed E-state index contributed by atoms with van der Waals surface area (Å²) in [6, 6.07) is 6.65. The van der Waals surface area contributed by atoms with Gasteiger partial charge in [-0.2, -0.15) is 9.57 Å². The summed E-state index contributed by atoms with van der Waals surface area (Å²) < 4.78 is 32.2. The monoisotopic (exact) mass is 294 g/mol. The zero-order valence-electron chi connectivity index (χ0n) is 11.7. The zero-order valence-corrected chi connectivity index (χ0v) is 12.5. The summed E-state index contributed by atoms with van der Waals surface area (Å²) in [6.45, 7) is 5.02. The Labute approximate surface area is 119 Å².